The number of rotatable bonds is 12. The fraction of sp³-hybridized carbons (Fsp3) is 1.00. The predicted octanol–water partition coefficient (Wildman–Crippen LogP) is 2.04. The van der Waals surface area contributed by atoms with Gasteiger partial charge in [0.05, 0.1) is 38.9 Å². The zero-order valence-corrected chi connectivity index (χ0v) is 18.3. The average Bonchev–Trinajstić information content (AvgIpc) is 3.19. The Balaban J connectivity index is 1.70. The van der Waals surface area contributed by atoms with Crippen LogP contribution in [0.2, 0.25) is 39.3 Å². The van der Waals surface area contributed by atoms with E-state index in [1.807, 2.05) is 0 Å². The molecule has 6 nitrogen and oxygen atoms in total. The van der Waals surface area contributed by atoms with E-state index in [0.29, 0.717) is 37.9 Å². The zero-order chi connectivity index (χ0) is 17.1. The van der Waals surface area contributed by atoms with Gasteiger partial charge in [-0.15, -0.1) is 0 Å². The maximum atomic E-state index is 6.45. The fourth-order valence-electron chi connectivity index (χ4n) is 2.61. The summed E-state index contributed by atoms with van der Waals surface area (Å²) in [6, 6.07) is 0. The molecule has 136 valence electrons. The minimum Gasteiger partial charge on any atom is -0.435 e. The number of hydrogen-bond donors (Lipinski definition) is 0. The zero-order valence-electron chi connectivity index (χ0n) is 15.3. The third-order valence-electron chi connectivity index (χ3n) is 3.36. The molecule has 23 heavy (non-hydrogen) atoms. The van der Waals surface area contributed by atoms with Crippen molar-refractivity contribution in [3.05, 3.63) is 0 Å². The summed E-state index contributed by atoms with van der Waals surface area (Å²) < 4.78 is 34.7. The molecule has 0 bridgehead atoms. The highest BCUT2D eigenvalue weighted by Crippen LogP contribution is 2.22. The summed E-state index contributed by atoms with van der Waals surface area (Å²) in [6.07, 6.45) is 1.98. The molecule has 2 fully saturated rings. The molecule has 0 radical (unpaired) electrons. The highest BCUT2D eigenvalue weighted by atomic mass is 28.5. The Kier molecular flexibility index (Phi) is 6.65. The molecule has 0 aromatic heterocycles. The van der Waals surface area contributed by atoms with Crippen molar-refractivity contribution < 1.29 is 27.2 Å². The SMILES string of the molecule is C[Si](C)(COCC1CO1)O[Si](C)(C)O[Si](C)(C)COCC1CO1. The molecule has 0 aromatic rings. The molecule has 2 heterocycles. The molecule has 2 atom stereocenters. The van der Waals surface area contributed by atoms with Crippen molar-refractivity contribution >= 4 is 25.2 Å². The molecule has 0 aliphatic carbocycles. The van der Waals surface area contributed by atoms with Crippen LogP contribution in [0.4, 0.5) is 0 Å². The van der Waals surface area contributed by atoms with Crippen LogP contribution in [0.5, 0.6) is 0 Å². The van der Waals surface area contributed by atoms with E-state index in [-0.39, 0.29) is 0 Å². The number of epoxide rings is 2. The summed E-state index contributed by atoms with van der Waals surface area (Å²) in [5.41, 5.74) is 0. The Hall–Kier alpha value is 0.411. The summed E-state index contributed by atoms with van der Waals surface area (Å²) in [5, 5.41) is 0. The van der Waals surface area contributed by atoms with Gasteiger partial charge in [-0.3, -0.25) is 0 Å². The molecule has 0 saturated carbocycles. The van der Waals surface area contributed by atoms with E-state index in [0.717, 1.165) is 13.2 Å². The lowest BCUT2D eigenvalue weighted by molar-refractivity contribution is 0.138. The molecule has 2 unspecified atom stereocenters. The van der Waals surface area contributed by atoms with Crippen molar-refractivity contribution in [2.24, 2.45) is 0 Å². The Labute approximate surface area is 143 Å². The Bertz CT molecular complexity index is 349. The second-order valence-corrected chi connectivity index (χ2v) is 20.1. The summed E-state index contributed by atoms with van der Waals surface area (Å²) in [5.74, 6) is 0. The van der Waals surface area contributed by atoms with E-state index >= 15 is 0 Å². The molecule has 9 heteroatoms. The lowest BCUT2D eigenvalue weighted by Gasteiger charge is -2.38. The van der Waals surface area contributed by atoms with Crippen LogP contribution in [-0.4, -0.2) is 76.3 Å². The van der Waals surface area contributed by atoms with Crippen molar-refractivity contribution in [3.63, 3.8) is 0 Å². The lowest BCUT2D eigenvalue weighted by atomic mass is 10.5. The molecule has 2 aliphatic heterocycles. The minimum atomic E-state index is -2.20. The number of hydrogen-bond acceptors (Lipinski definition) is 6. The van der Waals surface area contributed by atoms with Gasteiger partial charge in [0.25, 0.3) is 0 Å². The second-order valence-electron chi connectivity index (χ2n) is 8.06. The van der Waals surface area contributed by atoms with E-state index in [2.05, 4.69) is 39.3 Å². The maximum Gasteiger partial charge on any atom is 0.311 e. The maximum absolute atomic E-state index is 6.45. The van der Waals surface area contributed by atoms with Crippen LogP contribution < -0.4 is 0 Å². The van der Waals surface area contributed by atoms with E-state index < -0.39 is 25.2 Å². The van der Waals surface area contributed by atoms with Crippen molar-refractivity contribution in [3.8, 4) is 0 Å². The second kappa shape index (κ2) is 7.75. The van der Waals surface area contributed by atoms with Gasteiger partial charge in [-0.2, -0.15) is 0 Å². The fourth-order valence-corrected chi connectivity index (χ4v) is 15.5. The monoisotopic (exact) mass is 380 g/mol. The summed E-state index contributed by atoms with van der Waals surface area (Å²) in [4.78, 5) is 0. The molecule has 0 amide bonds. The van der Waals surface area contributed by atoms with E-state index in [1.165, 1.54) is 0 Å². The Morgan fingerprint density at radius 2 is 1.09 bits per heavy atom. The highest BCUT2D eigenvalue weighted by Gasteiger charge is 2.40. The molecule has 2 rings (SSSR count). The lowest BCUT2D eigenvalue weighted by Crippen LogP contribution is -2.55. The summed E-state index contributed by atoms with van der Waals surface area (Å²) in [7, 11) is -5.99. The van der Waals surface area contributed by atoms with Gasteiger partial charge < -0.3 is 27.2 Å². The van der Waals surface area contributed by atoms with Crippen molar-refractivity contribution in [1.29, 1.82) is 0 Å². The van der Waals surface area contributed by atoms with Crippen LogP contribution in [0.25, 0.3) is 0 Å². The van der Waals surface area contributed by atoms with Crippen LogP contribution in [0.1, 0.15) is 0 Å². The molecular formula is C14H32O6Si3. The third-order valence-corrected chi connectivity index (χ3v) is 13.5. The first kappa shape index (κ1) is 19.7. The first-order valence-corrected chi connectivity index (χ1v) is 17.4. The number of ether oxygens (including phenoxy) is 4. The van der Waals surface area contributed by atoms with Crippen LogP contribution in [0, 0.1) is 0 Å². The molecule has 2 saturated heterocycles. The van der Waals surface area contributed by atoms with Crippen LogP contribution in [0.15, 0.2) is 0 Å². The largest absolute Gasteiger partial charge is 0.435 e. The van der Waals surface area contributed by atoms with Gasteiger partial charge in [0.1, 0.15) is 12.2 Å². The van der Waals surface area contributed by atoms with Crippen molar-refractivity contribution in [1.82, 2.24) is 0 Å². The Morgan fingerprint density at radius 3 is 1.39 bits per heavy atom. The molecule has 0 aromatic carbocycles. The van der Waals surface area contributed by atoms with E-state index in [1.54, 1.807) is 0 Å². The van der Waals surface area contributed by atoms with Gasteiger partial charge >= 0.3 is 8.56 Å². The first-order chi connectivity index (χ1) is 10.6. The van der Waals surface area contributed by atoms with Crippen molar-refractivity contribution in [2.75, 3.05) is 38.9 Å². The molecule has 0 N–H and O–H groups in total. The smallest absolute Gasteiger partial charge is 0.311 e. The van der Waals surface area contributed by atoms with Crippen LogP contribution in [0.3, 0.4) is 0 Å². The topological polar surface area (TPSA) is 62.0 Å². The predicted molar refractivity (Wildman–Crippen MR) is 95.7 cm³/mol. The summed E-state index contributed by atoms with van der Waals surface area (Å²) in [6.45, 7) is 16.0. The van der Waals surface area contributed by atoms with Gasteiger partial charge in [-0.05, 0) is 39.3 Å². The van der Waals surface area contributed by atoms with E-state index in [4.69, 9.17) is 27.2 Å². The highest BCUT2D eigenvalue weighted by molar-refractivity contribution is 6.87. The normalized spacial score (nSPS) is 24.8. The average molecular weight is 381 g/mol. The van der Waals surface area contributed by atoms with Crippen LogP contribution >= 0.6 is 0 Å². The third kappa shape index (κ3) is 8.89. The minimum absolute atomic E-state index is 0.306. The van der Waals surface area contributed by atoms with E-state index in [9.17, 15) is 0 Å². The quantitative estimate of drug-likeness (QED) is 0.381. The van der Waals surface area contributed by atoms with Crippen molar-refractivity contribution in [2.45, 2.75) is 51.5 Å². The van der Waals surface area contributed by atoms with Gasteiger partial charge in [0, 0.05) is 0 Å². The van der Waals surface area contributed by atoms with Gasteiger partial charge in [-0.1, -0.05) is 0 Å². The van der Waals surface area contributed by atoms with Gasteiger partial charge in [0.15, 0.2) is 0 Å². The van der Waals surface area contributed by atoms with Gasteiger partial charge in [0.2, 0.25) is 16.6 Å². The summed E-state index contributed by atoms with van der Waals surface area (Å²) >= 11 is 0. The first-order valence-electron chi connectivity index (χ1n) is 8.36. The molecule has 0 spiro atoms. The molecule has 2 aliphatic rings. The standard InChI is InChI=1S/C14H32O6Si3/c1-21(2,11-15-7-13-9-17-13)19-23(5,6)20-22(3,4)12-16-8-14-10-18-14/h13-14H,7-12H2,1-6H3. The van der Waals surface area contributed by atoms with Gasteiger partial charge in [-0.25, -0.2) is 0 Å². The Morgan fingerprint density at radius 1 is 0.739 bits per heavy atom. The van der Waals surface area contributed by atoms with Crippen LogP contribution in [-0.2, 0) is 27.2 Å². The molecular weight excluding hydrogens is 348 g/mol.